The second-order valence-corrected chi connectivity index (χ2v) is 5.75. The van der Waals surface area contributed by atoms with Gasteiger partial charge in [0.25, 0.3) is 5.56 Å². The van der Waals surface area contributed by atoms with Gasteiger partial charge in [-0.25, -0.2) is 5.43 Å². The van der Waals surface area contributed by atoms with Crippen LogP contribution in [-0.2, 0) is 6.61 Å². The molecule has 1 aromatic heterocycles. The van der Waals surface area contributed by atoms with Gasteiger partial charge in [0.2, 0.25) is 5.95 Å². The van der Waals surface area contributed by atoms with Gasteiger partial charge in [0.1, 0.15) is 12.8 Å². The van der Waals surface area contributed by atoms with E-state index in [1.807, 2.05) is 30.3 Å². The molecule has 0 aliphatic rings. The molecule has 138 valence electrons. The van der Waals surface area contributed by atoms with Crippen molar-refractivity contribution in [3.05, 3.63) is 75.2 Å². The SMILES string of the molecule is COc1ccc(/C=N/Nc2nncc(=O)[nH]2)cc1OCc1ccccc1Cl. The van der Waals surface area contributed by atoms with Crippen molar-refractivity contribution in [1.29, 1.82) is 0 Å². The number of nitrogens with zero attached hydrogens (tertiary/aromatic N) is 3. The molecule has 1 heterocycles. The molecule has 2 N–H and O–H groups in total. The minimum absolute atomic E-state index is 0.141. The molecule has 8 nitrogen and oxygen atoms in total. The average molecular weight is 386 g/mol. The zero-order chi connectivity index (χ0) is 19.1. The third kappa shape index (κ3) is 5.05. The van der Waals surface area contributed by atoms with Gasteiger partial charge in [0.05, 0.1) is 13.3 Å². The van der Waals surface area contributed by atoms with Crippen molar-refractivity contribution in [2.75, 3.05) is 12.5 Å². The Morgan fingerprint density at radius 3 is 2.89 bits per heavy atom. The number of hydrogen-bond donors (Lipinski definition) is 2. The van der Waals surface area contributed by atoms with E-state index in [4.69, 9.17) is 21.1 Å². The number of rotatable bonds is 7. The number of benzene rings is 2. The van der Waals surface area contributed by atoms with Gasteiger partial charge in [-0.2, -0.15) is 5.10 Å². The Morgan fingerprint density at radius 1 is 1.26 bits per heavy atom. The number of hydrazone groups is 1. The maximum absolute atomic E-state index is 11.2. The van der Waals surface area contributed by atoms with Gasteiger partial charge in [-0.3, -0.25) is 9.78 Å². The van der Waals surface area contributed by atoms with Crippen LogP contribution in [0, 0.1) is 0 Å². The number of aromatic amines is 1. The number of hydrogen-bond acceptors (Lipinski definition) is 7. The van der Waals surface area contributed by atoms with Crippen molar-refractivity contribution in [2.24, 2.45) is 5.10 Å². The van der Waals surface area contributed by atoms with E-state index in [1.165, 1.54) is 0 Å². The second-order valence-electron chi connectivity index (χ2n) is 5.34. The number of aromatic nitrogens is 3. The lowest BCUT2D eigenvalue weighted by Gasteiger charge is -2.12. The van der Waals surface area contributed by atoms with Crippen LogP contribution in [0.1, 0.15) is 11.1 Å². The van der Waals surface area contributed by atoms with Crippen molar-refractivity contribution in [1.82, 2.24) is 15.2 Å². The van der Waals surface area contributed by atoms with E-state index in [-0.39, 0.29) is 11.5 Å². The summed E-state index contributed by atoms with van der Waals surface area (Å²) in [4.78, 5) is 13.6. The molecular formula is C18H16ClN5O3. The summed E-state index contributed by atoms with van der Waals surface area (Å²) in [7, 11) is 1.57. The van der Waals surface area contributed by atoms with Crippen LogP contribution in [0.15, 0.2) is 58.6 Å². The van der Waals surface area contributed by atoms with Gasteiger partial charge in [0, 0.05) is 10.6 Å². The fraction of sp³-hybridized carbons (Fsp3) is 0.111. The van der Waals surface area contributed by atoms with E-state index in [9.17, 15) is 4.79 Å². The quantitative estimate of drug-likeness (QED) is 0.479. The molecule has 27 heavy (non-hydrogen) atoms. The molecule has 0 unspecified atom stereocenters. The van der Waals surface area contributed by atoms with Gasteiger partial charge >= 0.3 is 0 Å². The van der Waals surface area contributed by atoms with E-state index < -0.39 is 0 Å². The number of nitrogens with one attached hydrogen (secondary N) is 2. The van der Waals surface area contributed by atoms with Crippen LogP contribution in [0.25, 0.3) is 0 Å². The van der Waals surface area contributed by atoms with Gasteiger partial charge in [-0.1, -0.05) is 29.8 Å². The minimum atomic E-state index is -0.373. The molecule has 0 aliphatic heterocycles. The topological polar surface area (TPSA) is 101 Å². The fourth-order valence-corrected chi connectivity index (χ4v) is 2.38. The van der Waals surface area contributed by atoms with E-state index in [0.29, 0.717) is 23.1 Å². The summed E-state index contributed by atoms with van der Waals surface area (Å²) in [6, 6.07) is 12.8. The Bertz CT molecular complexity index is 1010. The van der Waals surface area contributed by atoms with Crippen LogP contribution in [0.4, 0.5) is 5.95 Å². The smallest absolute Gasteiger partial charge is 0.271 e. The lowest BCUT2D eigenvalue weighted by molar-refractivity contribution is 0.284. The number of methoxy groups -OCH3 is 1. The molecule has 0 saturated carbocycles. The molecule has 0 atom stereocenters. The van der Waals surface area contributed by atoms with Crippen LogP contribution in [0.2, 0.25) is 5.02 Å². The molecule has 0 amide bonds. The molecule has 0 saturated heterocycles. The minimum Gasteiger partial charge on any atom is -0.493 e. The summed E-state index contributed by atoms with van der Waals surface area (Å²) in [6.45, 7) is 0.301. The molecule has 3 rings (SSSR count). The first-order chi connectivity index (χ1) is 13.2. The molecule has 3 aromatic rings. The molecule has 0 fully saturated rings. The lowest BCUT2D eigenvalue weighted by Crippen LogP contribution is -2.10. The molecule has 0 aliphatic carbocycles. The van der Waals surface area contributed by atoms with E-state index in [0.717, 1.165) is 17.3 Å². The van der Waals surface area contributed by atoms with Crippen LogP contribution in [0.3, 0.4) is 0 Å². The number of anilines is 1. The van der Waals surface area contributed by atoms with Gasteiger partial charge in [-0.15, -0.1) is 10.2 Å². The molecular weight excluding hydrogens is 370 g/mol. The summed E-state index contributed by atoms with van der Waals surface area (Å²) in [5.74, 6) is 1.28. The first-order valence-corrected chi connectivity index (χ1v) is 8.29. The second kappa shape index (κ2) is 8.81. The summed E-state index contributed by atoms with van der Waals surface area (Å²) >= 11 is 6.16. The maximum Gasteiger partial charge on any atom is 0.271 e. The van der Waals surface area contributed by atoms with Crippen molar-refractivity contribution in [3.8, 4) is 11.5 Å². The molecule has 0 spiro atoms. The zero-order valence-corrected chi connectivity index (χ0v) is 15.1. The highest BCUT2D eigenvalue weighted by atomic mass is 35.5. The van der Waals surface area contributed by atoms with Gasteiger partial charge in [-0.05, 0) is 29.8 Å². The van der Waals surface area contributed by atoms with E-state index >= 15 is 0 Å². The van der Waals surface area contributed by atoms with Crippen LogP contribution >= 0.6 is 11.6 Å². The Kier molecular flexibility index (Phi) is 6.01. The van der Waals surface area contributed by atoms with Gasteiger partial charge in [0.15, 0.2) is 11.5 Å². The number of halogens is 1. The Labute approximate surface area is 159 Å². The monoisotopic (exact) mass is 385 g/mol. The first-order valence-electron chi connectivity index (χ1n) is 7.91. The summed E-state index contributed by atoms with van der Waals surface area (Å²) in [6.07, 6.45) is 2.62. The third-order valence-electron chi connectivity index (χ3n) is 3.49. The average Bonchev–Trinajstić information content (AvgIpc) is 2.67. The molecule has 9 heteroatoms. The van der Waals surface area contributed by atoms with E-state index in [2.05, 4.69) is 25.7 Å². The Balaban J connectivity index is 1.72. The first kappa shape index (κ1) is 18.4. The summed E-state index contributed by atoms with van der Waals surface area (Å²) in [5, 5.41) is 11.9. The highest BCUT2D eigenvalue weighted by Crippen LogP contribution is 2.29. The predicted molar refractivity (Wildman–Crippen MR) is 103 cm³/mol. The molecule has 2 aromatic carbocycles. The predicted octanol–water partition coefficient (Wildman–Crippen LogP) is 2.85. The van der Waals surface area contributed by atoms with Crippen molar-refractivity contribution >= 4 is 23.8 Å². The third-order valence-corrected chi connectivity index (χ3v) is 3.86. The van der Waals surface area contributed by atoms with Crippen LogP contribution < -0.4 is 20.5 Å². The van der Waals surface area contributed by atoms with Crippen molar-refractivity contribution in [2.45, 2.75) is 6.61 Å². The summed E-state index contributed by atoms with van der Waals surface area (Å²) in [5.41, 5.74) is 3.85. The highest BCUT2D eigenvalue weighted by molar-refractivity contribution is 6.31. The maximum atomic E-state index is 11.2. The molecule has 0 radical (unpaired) electrons. The fourth-order valence-electron chi connectivity index (χ4n) is 2.19. The van der Waals surface area contributed by atoms with Crippen LogP contribution in [0.5, 0.6) is 11.5 Å². The van der Waals surface area contributed by atoms with Crippen LogP contribution in [-0.4, -0.2) is 28.5 Å². The number of ether oxygens (including phenoxy) is 2. The van der Waals surface area contributed by atoms with Crippen molar-refractivity contribution in [3.63, 3.8) is 0 Å². The van der Waals surface area contributed by atoms with E-state index in [1.54, 1.807) is 25.5 Å². The zero-order valence-electron chi connectivity index (χ0n) is 14.3. The summed E-state index contributed by atoms with van der Waals surface area (Å²) < 4.78 is 11.2. The number of H-pyrrole nitrogens is 1. The standard InChI is InChI=1S/C18H16ClN5O3/c1-26-15-7-6-12(9-20-23-18-22-17(25)10-21-24-18)8-16(15)27-11-13-4-2-3-5-14(13)19/h2-10H,11H2,1H3,(H2,22,23,24,25)/b20-9+. The van der Waals surface area contributed by atoms with Crippen molar-refractivity contribution < 1.29 is 9.47 Å². The lowest BCUT2D eigenvalue weighted by atomic mass is 10.2. The Morgan fingerprint density at radius 2 is 2.11 bits per heavy atom. The Hall–Kier alpha value is -3.39. The highest BCUT2D eigenvalue weighted by Gasteiger charge is 2.07. The molecule has 0 bridgehead atoms. The van der Waals surface area contributed by atoms with Gasteiger partial charge < -0.3 is 9.47 Å². The normalized spacial score (nSPS) is 10.7. The largest absolute Gasteiger partial charge is 0.493 e.